The third-order valence-corrected chi connectivity index (χ3v) is 6.12. The highest BCUT2D eigenvalue weighted by atomic mass is 32.2. The fourth-order valence-electron chi connectivity index (χ4n) is 3.32. The first-order chi connectivity index (χ1) is 12.7. The number of hydrazine groups is 1. The predicted molar refractivity (Wildman–Crippen MR) is 101 cm³/mol. The van der Waals surface area contributed by atoms with Gasteiger partial charge in [0.2, 0.25) is 12.4 Å². The standard InChI is InChI=1S/C15H22N8O2S/c16-23-10-17-9-12-13(21-5-7-26(25)8-6-21)18-15(19-14(12)23)22-3-1-20(11-24)2-4-22/h9,11H,1-8,10,16H2. The molecule has 0 saturated carbocycles. The molecule has 0 spiro atoms. The van der Waals surface area contributed by atoms with Crippen molar-refractivity contribution in [2.75, 3.05) is 72.3 Å². The summed E-state index contributed by atoms with van der Waals surface area (Å²) in [4.78, 5) is 30.7. The van der Waals surface area contributed by atoms with Gasteiger partial charge in [-0.05, 0) is 0 Å². The lowest BCUT2D eigenvalue weighted by Gasteiger charge is -2.35. The van der Waals surface area contributed by atoms with Crippen molar-refractivity contribution in [2.45, 2.75) is 0 Å². The van der Waals surface area contributed by atoms with Gasteiger partial charge in [0.15, 0.2) is 5.82 Å². The molecule has 2 fully saturated rings. The van der Waals surface area contributed by atoms with Gasteiger partial charge in [-0.1, -0.05) is 0 Å². The molecular weight excluding hydrogens is 356 g/mol. The molecule has 0 aromatic carbocycles. The van der Waals surface area contributed by atoms with Crippen LogP contribution in [0, 0.1) is 0 Å². The zero-order chi connectivity index (χ0) is 18.1. The van der Waals surface area contributed by atoms with E-state index in [9.17, 15) is 9.00 Å². The number of hydrogen-bond acceptors (Lipinski definition) is 9. The quantitative estimate of drug-likeness (QED) is 0.494. The Morgan fingerprint density at radius 3 is 2.38 bits per heavy atom. The summed E-state index contributed by atoms with van der Waals surface area (Å²) < 4.78 is 11.7. The number of aliphatic imine (C=N–C) groups is 1. The van der Waals surface area contributed by atoms with Crippen LogP contribution >= 0.6 is 0 Å². The van der Waals surface area contributed by atoms with E-state index in [4.69, 9.17) is 10.8 Å². The van der Waals surface area contributed by atoms with Gasteiger partial charge in [0.05, 0.1) is 5.56 Å². The first-order valence-electron chi connectivity index (χ1n) is 8.64. The molecule has 0 atom stereocenters. The van der Waals surface area contributed by atoms with Gasteiger partial charge in [0.1, 0.15) is 12.5 Å². The average molecular weight is 378 g/mol. The summed E-state index contributed by atoms with van der Waals surface area (Å²) in [6.07, 6.45) is 2.65. The second kappa shape index (κ2) is 7.16. The second-order valence-corrected chi connectivity index (χ2v) is 8.17. The van der Waals surface area contributed by atoms with Crippen LogP contribution in [0.1, 0.15) is 5.56 Å². The lowest BCUT2D eigenvalue weighted by Crippen LogP contribution is -2.47. The molecule has 0 unspecified atom stereocenters. The van der Waals surface area contributed by atoms with E-state index in [2.05, 4.69) is 19.8 Å². The number of amides is 1. The van der Waals surface area contributed by atoms with E-state index in [1.54, 1.807) is 11.1 Å². The predicted octanol–water partition coefficient (Wildman–Crippen LogP) is -1.61. The van der Waals surface area contributed by atoms with Crippen LogP contribution in [0.2, 0.25) is 0 Å². The Morgan fingerprint density at radius 1 is 1.00 bits per heavy atom. The topological polar surface area (TPSA) is 111 Å². The summed E-state index contributed by atoms with van der Waals surface area (Å²) in [6.45, 7) is 4.39. The molecule has 1 amide bonds. The summed E-state index contributed by atoms with van der Waals surface area (Å²) in [7, 11) is -0.761. The van der Waals surface area contributed by atoms with Crippen molar-refractivity contribution >= 4 is 41.0 Å². The lowest BCUT2D eigenvalue weighted by atomic mass is 10.2. The fraction of sp³-hybridized carbons (Fsp3) is 0.600. The van der Waals surface area contributed by atoms with Crippen LogP contribution in [0.4, 0.5) is 17.6 Å². The van der Waals surface area contributed by atoms with E-state index in [-0.39, 0.29) is 0 Å². The molecule has 3 aliphatic heterocycles. The van der Waals surface area contributed by atoms with Gasteiger partial charge in [0.25, 0.3) is 0 Å². The minimum atomic E-state index is -0.761. The van der Waals surface area contributed by atoms with Crippen molar-refractivity contribution in [3.05, 3.63) is 5.56 Å². The van der Waals surface area contributed by atoms with Gasteiger partial charge < -0.3 is 14.7 Å². The van der Waals surface area contributed by atoms with E-state index < -0.39 is 10.8 Å². The fourth-order valence-corrected chi connectivity index (χ4v) is 4.37. The van der Waals surface area contributed by atoms with Gasteiger partial charge >= 0.3 is 0 Å². The molecule has 140 valence electrons. The van der Waals surface area contributed by atoms with Crippen LogP contribution in [0.5, 0.6) is 0 Å². The van der Waals surface area contributed by atoms with Crippen LogP contribution < -0.4 is 20.7 Å². The van der Waals surface area contributed by atoms with Crippen molar-refractivity contribution in [1.82, 2.24) is 14.9 Å². The monoisotopic (exact) mass is 378 g/mol. The number of aromatic nitrogens is 2. The van der Waals surface area contributed by atoms with Crippen LogP contribution in [0.3, 0.4) is 0 Å². The van der Waals surface area contributed by atoms with Crippen LogP contribution in [-0.2, 0) is 15.6 Å². The Hall–Kier alpha value is -2.27. The number of fused-ring (bicyclic) bond motifs is 1. The van der Waals surface area contributed by atoms with E-state index >= 15 is 0 Å². The molecular formula is C15H22N8O2S. The van der Waals surface area contributed by atoms with Crippen molar-refractivity contribution < 1.29 is 9.00 Å². The molecule has 4 heterocycles. The summed E-state index contributed by atoms with van der Waals surface area (Å²) in [6, 6.07) is 0. The van der Waals surface area contributed by atoms with Gasteiger partial charge in [-0.15, -0.1) is 0 Å². The molecule has 2 saturated heterocycles. The third-order valence-electron chi connectivity index (χ3n) is 4.84. The molecule has 1 aromatic rings. The highest BCUT2D eigenvalue weighted by molar-refractivity contribution is 7.85. The van der Waals surface area contributed by atoms with Crippen LogP contribution in [0.15, 0.2) is 4.99 Å². The van der Waals surface area contributed by atoms with Crippen LogP contribution in [-0.4, -0.2) is 89.1 Å². The Morgan fingerprint density at radius 2 is 1.69 bits per heavy atom. The Labute approximate surface area is 154 Å². The zero-order valence-electron chi connectivity index (χ0n) is 14.5. The van der Waals surface area contributed by atoms with Gasteiger partial charge in [-0.2, -0.15) is 9.97 Å². The number of carbonyl (C=O) groups excluding carboxylic acids is 1. The molecule has 0 bridgehead atoms. The van der Waals surface area contributed by atoms with Gasteiger partial charge in [-0.25, -0.2) is 5.84 Å². The van der Waals surface area contributed by atoms with Crippen molar-refractivity contribution in [1.29, 1.82) is 0 Å². The SMILES string of the molecule is NN1CN=Cc2c1nc(N1CCN(C=O)CC1)nc2N1CCS(=O)CC1. The maximum Gasteiger partial charge on any atom is 0.229 e. The minimum absolute atomic E-state index is 0.353. The number of anilines is 3. The number of carbonyl (C=O) groups is 1. The number of nitrogens with zero attached hydrogens (tertiary/aromatic N) is 7. The Kier molecular flexibility index (Phi) is 4.72. The van der Waals surface area contributed by atoms with Gasteiger partial charge in [-0.3, -0.25) is 19.0 Å². The molecule has 1 aromatic heterocycles. The molecule has 4 rings (SSSR count). The summed E-state index contributed by atoms with van der Waals surface area (Å²) in [5.74, 6) is 9.43. The largest absolute Gasteiger partial charge is 0.354 e. The van der Waals surface area contributed by atoms with E-state index in [0.29, 0.717) is 69.2 Å². The highest BCUT2D eigenvalue weighted by Crippen LogP contribution is 2.30. The average Bonchev–Trinajstić information content (AvgIpc) is 2.68. The number of piperazine rings is 1. The number of rotatable bonds is 3. The first kappa shape index (κ1) is 17.2. The molecule has 26 heavy (non-hydrogen) atoms. The maximum absolute atomic E-state index is 11.7. The normalized spacial score (nSPS) is 21.1. The number of nitrogens with two attached hydrogens (primary N) is 1. The second-order valence-electron chi connectivity index (χ2n) is 6.47. The van der Waals surface area contributed by atoms with E-state index in [0.717, 1.165) is 17.8 Å². The minimum Gasteiger partial charge on any atom is -0.354 e. The maximum atomic E-state index is 11.7. The molecule has 10 nitrogen and oxygen atoms in total. The Balaban J connectivity index is 1.68. The zero-order valence-corrected chi connectivity index (χ0v) is 15.3. The van der Waals surface area contributed by atoms with Gasteiger partial charge in [0, 0.05) is 67.8 Å². The Bertz CT molecular complexity index is 739. The van der Waals surface area contributed by atoms with E-state index in [1.165, 1.54) is 5.01 Å². The lowest BCUT2D eigenvalue weighted by molar-refractivity contribution is -0.118. The molecule has 3 aliphatic rings. The third kappa shape index (κ3) is 3.23. The molecule has 0 aliphatic carbocycles. The summed E-state index contributed by atoms with van der Waals surface area (Å²) >= 11 is 0. The first-order valence-corrected chi connectivity index (χ1v) is 10.1. The van der Waals surface area contributed by atoms with Crippen molar-refractivity contribution in [3.63, 3.8) is 0 Å². The number of hydrogen-bond donors (Lipinski definition) is 1. The van der Waals surface area contributed by atoms with Crippen molar-refractivity contribution in [2.24, 2.45) is 10.8 Å². The van der Waals surface area contributed by atoms with Crippen LogP contribution in [0.25, 0.3) is 0 Å². The van der Waals surface area contributed by atoms with E-state index in [1.807, 2.05) is 0 Å². The molecule has 11 heteroatoms. The van der Waals surface area contributed by atoms with Crippen molar-refractivity contribution in [3.8, 4) is 0 Å². The summed E-state index contributed by atoms with van der Waals surface area (Å²) in [5.41, 5.74) is 0.807. The molecule has 2 N–H and O–H groups in total. The summed E-state index contributed by atoms with van der Waals surface area (Å²) in [5, 5.41) is 1.52. The smallest absolute Gasteiger partial charge is 0.229 e. The molecule has 0 radical (unpaired) electrons. The highest BCUT2D eigenvalue weighted by Gasteiger charge is 2.27.